The molecule has 1 aromatic carbocycles. The minimum Gasteiger partial charge on any atom is -0.491 e. The van der Waals surface area contributed by atoms with Crippen molar-refractivity contribution in [2.24, 2.45) is 17.8 Å². The summed E-state index contributed by atoms with van der Waals surface area (Å²) < 4.78 is 40.2. The molecule has 2 heterocycles. The quantitative estimate of drug-likeness (QED) is 0.345. The number of halogens is 2. The van der Waals surface area contributed by atoms with Gasteiger partial charge in [0.05, 0.1) is 25.0 Å². The molecule has 2 fully saturated rings. The van der Waals surface area contributed by atoms with Crippen LogP contribution in [-0.4, -0.2) is 18.2 Å². The van der Waals surface area contributed by atoms with Crippen LogP contribution in [0.25, 0.3) is 11.3 Å². The number of pyridine rings is 1. The second kappa shape index (κ2) is 12.1. The highest BCUT2D eigenvalue weighted by atomic mass is 19.2. The van der Waals surface area contributed by atoms with Crippen LogP contribution < -0.4 is 4.74 Å². The predicted molar refractivity (Wildman–Crippen MR) is 132 cm³/mol. The van der Waals surface area contributed by atoms with Crippen LogP contribution in [0.1, 0.15) is 89.7 Å². The number of benzene rings is 1. The summed E-state index contributed by atoms with van der Waals surface area (Å²) in [5.74, 6) is 0.446. The van der Waals surface area contributed by atoms with Crippen LogP contribution in [0.2, 0.25) is 0 Å². The molecule has 1 saturated heterocycles. The van der Waals surface area contributed by atoms with Gasteiger partial charge < -0.3 is 9.47 Å². The van der Waals surface area contributed by atoms with E-state index in [2.05, 4.69) is 11.9 Å². The standard InChI is InChI=1S/C29H39F2NO2/c1-3-5-6-7-20-8-10-21(11-9-20)23-13-16-26(34-19-23)22-12-15-25(32-18-22)24-14-17-27(33-4-2)29(31)28(24)30/h12,14-15,17-18,20-21,23,26H,3-11,13,16,19H2,1-2H3. The van der Waals surface area contributed by atoms with E-state index in [1.165, 1.54) is 69.9 Å². The molecule has 0 N–H and O–H groups in total. The molecule has 1 aliphatic carbocycles. The van der Waals surface area contributed by atoms with Gasteiger partial charge in [0.1, 0.15) is 0 Å². The minimum absolute atomic E-state index is 0.0325. The average Bonchev–Trinajstić information content (AvgIpc) is 2.88. The van der Waals surface area contributed by atoms with E-state index in [1.807, 2.05) is 6.07 Å². The van der Waals surface area contributed by atoms with E-state index in [9.17, 15) is 8.78 Å². The molecule has 2 unspecified atom stereocenters. The van der Waals surface area contributed by atoms with Crippen molar-refractivity contribution in [1.29, 1.82) is 0 Å². The molecule has 2 aliphatic rings. The first-order valence-electron chi connectivity index (χ1n) is 13.3. The second-order valence-corrected chi connectivity index (χ2v) is 10.1. The Labute approximate surface area is 203 Å². The van der Waals surface area contributed by atoms with E-state index in [4.69, 9.17) is 9.47 Å². The third-order valence-corrected chi connectivity index (χ3v) is 7.87. The Morgan fingerprint density at radius 3 is 2.35 bits per heavy atom. The third-order valence-electron chi connectivity index (χ3n) is 7.87. The van der Waals surface area contributed by atoms with Gasteiger partial charge in [0, 0.05) is 11.8 Å². The van der Waals surface area contributed by atoms with Crippen molar-refractivity contribution < 1.29 is 18.3 Å². The first-order valence-corrected chi connectivity index (χ1v) is 13.3. The molecule has 186 valence electrons. The third kappa shape index (κ3) is 5.97. The van der Waals surface area contributed by atoms with Crippen molar-refractivity contribution in [2.75, 3.05) is 13.2 Å². The Morgan fingerprint density at radius 2 is 1.71 bits per heavy atom. The Morgan fingerprint density at radius 1 is 0.912 bits per heavy atom. The zero-order valence-corrected chi connectivity index (χ0v) is 20.7. The summed E-state index contributed by atoms with van der Waals surface area (Å²) in [5.41, 5.74) is 1.56. The fourth-order valence-corrected chi connectivity index (χ4v) is 5.79. The lowest BCUT2D eigenvalue weighted by atomic mass is 9.72. The molecule has 0 amide bonds. The number of hydrogen-bond donors (Lipinski definition) is 0. The van der Waals surface area contributed by atoms with E-state index < -0.39 is 11.6 Å². The van der Waals surface area contributed by atoms with Gasteiger partial charge in [0.25, 0.3) is 0 Å². The number of hydrogen-bond acceptors (Lipinski definition) is 3. The van der Waals surface area contributed by atoms with Crippen molar-refractivity contribution in [3.8, 4) is 17.0 Å². The van der Waals surface area contributed by atoms with Crippen LogP contribution in [0.5, 0.6) is 5.75 Å². The van der Waals surface area contributed by atoms with Gasteiger partial charge in [-0.2, -0.15) is 4.39 Å². The van der Waals surface area contributed by atoms with Crippen LogP contribution in [0.3, 0.4) is 0 Å². The summed E-state index contributed by atoms with van der Waals surface area (Å²) in [7, 11) is 0. The van der Waals surface area contributed by atoms with Crippen LogP contribution in [0.15, 0.2) is 30.5 Å². The summed E-state index contributed by atoms with van der Waals surface area (Å²) in [6, 6.07) is 6.66. The Bertz CT molecular complexity index is 901. The van der Waals surface area contributed by atoms with Crippen LogP contribution >= 0.6 is 0 Å². The number of unbranched alkanes of at least 4 members (excludes halogenated alkanes) is 2. The first-order chi connectivity index (χ1) is 16.6. The predicted octanol–water partition coefficient (Wildman–Crippen LogP) is 8.28. The van der Waals surface area contributed by atoms with E-state index >= 15 is 0 Å². The van der Waals surface area contributed by atoms with Crippen LogP contribution in [0.4, 0.5) is 8.78 Å². The molecule has 4 rings (SSSR count). The molecule has 1 saturated carbocycles. The van der Waals surface area contributed by atoms with E-state index in [0.717, 1.165) is 30.4 Å². The van der Waals surface area contributed by atoms with Gasteiger partial charge in [-0.05, 0) is 74.1 Å². The maximum Gasteiger partial charge on any atom is 0.201 e. The monoisotopic (exact) mass is 471 g/mol. The minimum atomic E-state index is -0.970. The maximum absolute atomic E-state index is 14.5. The fraction of sp³-hybridized carbons (Fsp3) is 0.621. The van der Waals surface area contributed by atoms with Gasteiger partial charge in [-0.3, -0.25) is 4.98 Å². The molecular formula is C29H39F2NO2. The van der Waals surface area contributed by atoms with Crippen LogP contribution in [0, 0.1) is 29.4 Å². The molecule has 5 heteroatoms. The van der Waals surface area contributed by atoms with Crippen molar-refractivity contribution >= 4 is 0 Å². The summed E-state index contributed by atoms with van der Waals surface area (Å²) in [6.07, 6.45) is 15.0. The molecular weight excluding hydrogens is 432 g/mol. The van der Waals surface area contributed by atoms with Gasteiger partial charge in [0.2, 0.25) is 5.82 Å². The normalized spacial score (nSPS) is 25.3. The van der Waals surface area contributed by atoms with Gasteiger partial charge in [-0.25, -0.2) is 4.39 Å². The highest BCUT2D eigenvalue weighted by molar-refractivity contribution is 5.61. The van der Waals surface area contributed by atoms with Crippen LogP contribution in [-0.2, 0) is 4.74 Å². The zero-order valence-electron chi connectivity index (χ0n) is 20.7. The van der Waals surface area contributed by atoms with Crippen molar-refractivity contribution in [1.82, 2.24) is 4.98 Å². The molecule has 34 heavy (non-hydrogen) atoms. The zero-order chi connectivity index (χ0) is 23.9. The Kier molecular flexibility index (Phi) is 8.93. The second-order valence-electron chi connectivity index (χ2n) is 10.1. The lowest BCUT2D eigenvalue weighted by Crippen LogP contribution is -2.29. The number of aromatic nitrogens is 1. The van der Waals surface area contributed by atoms with Crippen molar-refractivity contribution in [3.63, 3.8) is 0 Å². The molecule has 0 radical (unpaired) electrons. The molecule has 0 spiro atoms. The number of ether oxygens (including phenoxy) is 2. The molecule has 2 atom stereocenters. The Balaban J connectivity index is 1.29. The van der Waals surface area contributed by atoms with Gasteiger partial charge >= 0.3 is 0 Å². The topological polar surface area (TPSA) is 31.4 Å². The number of nitrogens with zero attached hydrogens (tertiary/aromatic N) is 1. The Hall–Kier alpha value is -2.01. The first kappa shape index (κ1) is 25.1. The largest absolute Gasteiger partial charge is 0.491 e. The van der Waals surface area contributed by atoms with E-state index in [-0.39, 0.29) is 24.0 Å². The van der Waals surface area contributed by atoms with Crippen molar-refractivity contribution in [3.05, 3.63) is 47.7 Å². The summed E-state index contributed by atoms with van der Waals surface area (Å²) >= 11 is 0. The highest BCUT2D eigenvalue weighted by Crippen LogP contribution is 2.41. The molecule has 2 aromatic rings. The number of rotatable bonds is 9. The summed E-state index contributed by atoms with van der Waals surface area (Å²) in [5, 5.41) is 0. The van der Waals surface area contributed by atoms with E-state index in [1.54, 1.807) is 19.2 Å². The summed E-state index contributed by atoms with van der Waals surface area (Å²) in [4.78, 5) is 4.42. The molecule has 1 aromatic heterocycles. The summed E-state index contributed by atoms with van der Waals surface area (Å²) in [6.45, 7) is 5.11. The fourth-order valence-electron chi connectivity index (χ4n) is 5.79. The SMILES string of the molecule is CCCCCC1CCC(C2CCC(c3ccc(-c4ccc(OCC)c(F)c4F)nc3)OC2)CC1. The lowest BCUT2D eigenvalue weighted by Gasteiger charge is -2.38. The smallest absolute Gasteiger partial charge is 0.201 e. The van der Waals surface area contributed by atoms with Crippen molar-refractivity contribution in [2.45, 2.75) is 84.2 Å². The van der Waals surface area contributed by atoms with Gasteiger partial charge in [0.15, 0.2) is 11.6 Å². The highest BCUT2D eigenvalue weighted by Gasteiger charge is 2.32. The molecule has 0 bridgehead atoms. The van der Waals surface area contributed by atoms with Gasteiger partial charge in [-0.1, -0.05) is 51.5 Å². The average molecular weight is 472 g/mol. The van der Waals surface area contributed by atoms with E-state index in [0.29, 0.717) is 11.6 Å². The van der Waals surface area contributed by atoms with Gasteiger partial charge in [-0.15, -0.1) is 0 Å². The lowest BCUT2D eigenvalue weighted by molar-refractivity contribution is -0.0406. The maximum atomic E-state index is 14.5. The molecule has 3 nitrogen and oxygen atoms in total. The molecule has 1 aliphatic heterocycles.